The summed E-state index contributed by atoms with van der Waals surface area (Å²) in [5.74, 6) is -0.394. The van der Waals surface area contributed by atoms with Crippen LogP contribution in [0.2, 0.25) is 0 Å². The van der Waals surface area contributed by atoms with E-state index in [2.05, 4.69) is 4.90 Å². The van der Waals surface area contributed by atoms with Crippen molar-refractivity contribution in [2.45, 2.75) is 31.7 Å². The van der Waals surface area contributed by atoms with E-state index < -0.39 is 5.97 Å². The Labute approximate surface area is 118 Å². The molecule has 1 aliphatic rings. The van der Waals surface area contributed by atoms with Crippen LogP contribution in [-0.2, 0) is 4.79 Å². The van der Waals surface area contributed by atoms with Crippen molar-refractivity contribution in [2.24, 2.45) is 0 Å². The van der Waals surface area contributed by atoms with Gasteiger partial charge in [0.25, 0.3) is 0 Å². The summed E-state index contributed by atoms with van der Waals surface area (Å²) in [5, 5.41) is 8.92. The minimum Gasteiger partial charge on any atom is -0.492 e. The molecule has 0 radical (unpaired) electrons. The van der Waals surface area contributed by atoms with Crippen molar-refractivity contribution in [3.63, 3.8) is 0 Å². The van der Waals surface area contributed by atoms with E-state index in [1.807, 2.05) is 0 Å². The minimum atomic E-state index is -0.749. The second kappa shape index (κ2) is 7.24. The molecule has 1 aromatic carbocycles. The fourth-order valence-corrected chi connectivity index (χ4v) is 2.60. The summed E-state index contributed by atoms with van der Waals surface area (Å²) in [6.45, 7) is 2.11. The zero-order chi connectivity index (χ0) is 14.4. The number of piperidine rings is 1. The minimum absolute atomic E-state index is 0.109. The van der Waals surface area contributed by atoms with Gasteiger partial charge >= 0.3 is 5.97 Å². The molecule has 0 saturated carbocycles. The number of carbonyl (C=O) groups is 1. The van der Waals surface area contributed by atoms with Crippen LogP contribution in [0, 0.1) is 5.82 Å². The Balaban J connectivity index is 1.79. The van der Waals surface area contributed by atoms with Gasteiger partial charge in [-0.2, -0.15) is 0 Å². The molecule has 0 amide bonds. The molecule has 1 unspecified atom stereocenters. The first-order chi connectivity index (χ1) is 9.65. The van der Waals surface area contributed by atoms with Crippen molar-refractivity contribution in [1.82, 2.24) is 4.90 Å². The lowest BCUT2D eigenvalue weighted by molar-refractivity contribution is -0.138. The second-order valence-electron chi connectivity index (χ2n) is 5.09. The highest BCUT2D eigenvalue weighted by Gasteiger charge is 2.24. The maximum atomic E-state index is 12.8. The van der Waals surface area contributed by atoms with E-state index >= 15 is 0 Å². The van der Waals surface area contributed by atoms with E-state index in [0.717, 1.165) is 25.8 Å². The monoisotopic (exact) mass is 281 g/mol. The first-order valence-corrected chi connectivity index (χ1v) is 6.99. The van der Waals surface area contributed by atoms with Crippen LogP contribution in [0.25, 0.3) is 0 Å². The summed E-state index contributed by atoms with van der Waals surface area (Å²) in [7, 11) is 0. The van der Waals surface area contributed by atoms with Gasteiger partial charge in [-0.05, 0) is 43.7 Å². The Bertz CT molecular complexity index is 435. The van der Waals surface area contributed by atoms with Crippen LogP contribution in [0.5, 0.6) is 5.75 Å². The molecule has 1 N–H and O–H groups in total. The molecule has 5 heteroatoms. The molecule has 0 aromatic heterocycles. The number of aliphatic carboxylic acids is 1. The summed E-state index contributed by atoms with van der Waals surface area (Å²) in [5.41, 5.74) is 0. The number of carboxylic acid groups (broad SMARTS) is 1. The number of ether oxygens (including phenoxy) is 1. The molecule has 20 heavy (non-hydrogen) atoms. The van der Waals surface area contributed by atoms with Crippen LogP contribution in [0.4, 0.5) is 4.39 Å². The van der Waals surface area contributed by atoms with Gasteiger partial charge in [0.2, 0.25) is 0 Å². The van der Waals surface area contributed by atoms with Gasteiger partial charge in [-0.25, -0.2) is 4.39 Å². The van der Waals surface area contributed by atoms with Gasteiger partial charge in [-0.15, -0.1) is 0 Å². The normalized spacial score (nSPS) is 19.8. The molecule has 1 atom stereocenters. The summed E-state index contributed by atoms with van der Waals surface area (Å²) < 4.78 is 18.3. The van der Waals surface area contributed by atoms with Gasteiger partial charge in [0.1, 0.15) is 18.2 Å². The molecule has 110 valence electrons. The lowest BCUT2D eigenvalue weighted by Gasteiger charge is -2.34. The fraction of sp³-hybridized carbons (Fsp3) is 0.533. The Kier molecular flexibility index (Phi) is 5.35. The third kappa shape index (κ3) is 4.49. The van der Waals surface area contributed by atoms with Crippen LogP contribution in [0.3, 0.4) is 0 Å². The van der Waals surface area contributed by atoms with Crippen molar-refractivity contribution in [3.05, 3.63) is 30.1 Å². The van der Waals surface area contributed by atoms with Crippen LogP contribution in [0.15, 0.2) is 24.3 Å². The van der Waals surface area contributed by atoms with Gasteiger partial charge in [-0.1, -0.05) is 6.42 Å². The van der Waals surface area contributed by atoms with Crippen molar-refractivity contribution in [2.75, 3.05) is 19.7 Å². The molecular weight excluding hydrogens is 261 g/mol. The van der Waals surface area contributed by atoms with E-state index in [1.54, 1.807) is 12.1 Å². The van der Waals surface area contributed by atoms with Crippen LogP contribution in [0.1, 0.15) is 25.7 Å². The molecule has 0 bridgehead atoms. The zero-order valence-corrected chi connectivity index (χ0v) is 11.4. The number of nitrogens with zero attached hydrogens (tertiary/aromatic N) is 1. The predicted molar refractivity (Wildman–Crippen MR) is 73.4 cm³/mol. The smallest absolute Gasteiger partial charge is 0.304 e. The van der Waals surface area contributed by atoms with Crippen LogP contribution in [-0.4, -0.2) is 41.7 Å². The molecule has 1 aliphatic heterocycles. The molecule has 4 nitrogen and oxygen atoms in total. The lowest BCUT2D eigenvalue weighted by Crippen LogP contribution is -2.42. The SMILES string of the molecule is O=C(O)CC1CCCCN1CCOc1ccc(F)cc1. The summed E-state index contributed by atoms with van der Waals surface area (Å²) >= 11 is 0. The third-order valence-electron chi connectivity index (χ3n) is 3.62. The average molecular weight is 281 g/mol. The molecule has 1 heterocycles. The average Bonchev–Trinajstić information content (AvgIpc) is 2.42. The Morgan fingerprint density at radius 3 is 2.80 bits per heavy atom. The summed E-state index contributed by atoms with van der Waals surface area (Å²) in [6, 6.07) is 6.03. The molecule has 2 rings (SSSR count). The largest absolute Gasteiger partial charge is 0.492 e. The van der Waals surface area contributed by atoms with Crippen molar-refractivity contribution in [3.8, 4) is 5.75 Å². The van der Waals surface area contributed by atoms with Crippen LogP contribution < -0.4 is 4.74 Å². The lowest BCUT2D eigenvalue weighted by atomic mass is 9.99. The van der Waals surface area contributed by atoms with Gasteiger partial charge in [0.15, 0.2) is 0 Å². The Hall–Kier alpha value is -1.62. The molecule has 1 saturated heterocycles. The Morgan fingerprint density at radius 1 is 1.35 bits per heavy atom. The van der Waals surface area contributed by atoms with Crippen molar-refractivity contribution >= 4 is 5.97 Å². The standard InChI is InChI=1S/C15H20FNO3/c16-12-4-6-14(7-5-12)20-10-9-17-8-2-1-3-13(17)11-15(18)19/h4-7,13H,1-3,8-11H2,(H,18,19). The highest BCUT2D eigenvalue weighted by Crippen LogP contribution is 2.19. The molecular formula is C15H20FNO3. The Morgan fingerprint density at radius 2 is 2.10 bits per heavy atom. The van der Waals surface area contributed by atoms with Gasteiger partial charge in [0.05, 0.1) is 6.42 Å². The fourth-order valence-electron chi connectivity index (χ4n) is 2.60. The molecule has 1 aromatic rings. The summed E-state index contributed by atoms with van der Waals surface area (Å²) in [4.78, 5) is 13.0. The summed E-state index contributed by atoms with van der Waals surface area (Å²) in [6.07, 6.45) is 3.32. The molecule has 1 fully saturated rings. The van der Waals surface area contributed by atoms with E-state index in [1.165, 1.54) is 12.1 Å². The van der Waals surface area contributed by atoms with E-state index in [0.29, 0.717) is 18.9 Å². The quantitative estimate of drug-likeness (QED) is 0.870. The second-order valence-corrected chi connectivity index (χ2v) is 5.09. The van der Waals surface area contributed by atoms with Crippen molar-refractivity contribution in [1.29, 1.82) is 0 Å². The topological polar surface area (TPSA) is 49.8 Å². The zero-order valence-electron chi connectivity index (χ0n) is 11.4. The molecule has 0 aliphatic carbocycles. The highest BCUT2D eigenvalue weighted by molar-refractivity contribution is 5.67. The van der Waals surface area contributed by atoms with Crippen molar-refractivity contribution < 1.29 is 19.0 Å². The van der Waals surface area contributed by atoms with E-state index in [9.17, 15) is 9.18 Å². The first kappa shape index (κ1) is 14.8. The number of hydrogen-bond donors (Lipinski definition) is 1. The number of likely N-dealkylation sites (tertiary alicyclic amines) is 1. The number of halogens is 1. The predicted octanol–water partition coefficient (Wildman–Crippen LogP) is 2.53. The number of benzene rings is 1. The van der Waals surface area contributed by atoms with Crippen LogP contribution >= 0.6 is 0 Å². The number of hydrogen-bond acceptors (Lipinski definition) is 3. The number of rotatable bonds is 6. The van der Waals surface area contributed by atoms with Gasteiger partial charge in [0, 0.05) is 12.6 Å². The maximum absolute atomic E-state index is 12.8. The van der Waals surface area contributed by atoms with E-state index in [4.69, 9.17) is 9.84 Å². The highest BCUT2D eigenvalue weighted by atomic mass is 19.1. The van der Waals surface area contributed by atoms with Gasteiger partial charge in [-0.3, -0.25) is 9.69 Å². The van der Waals surface area contributed by atoms with Gasteiger partial charge < -0.3 is 9.84 Å². The number of carboxylic acids is 1. The third-order valence-corrected chi connectivity index (χ3v) is 3.62. The first-order valence-electron chi connectivity index (χ1n) is 6.99. The molecule has 0 spiro atoms. The van der Waals surface area contributed by atoms with E-state index in [-0.39, 0.29) is 18.3 Å². The maximum Gasteiger partial charge on any atom is 0.304 e.